The minimum absolute atomic E-state index is 0.0600. The fourth-order valence-corrected chi connectivity index (χ4v) is 2.17. The highest BCUT2D eigenvalue weighted by atomic mass is 32.2. The number of likely N-dealkylation sites (tertiary alicyclic amines) is 1. The molecule has 0 radical (unpaired) electrons. The quantitative estimate of drug-likeness (QED) is 0.602. The van der Waals surface area contributed by atoms with E-state index < -0.39 is 16.2 Å². The molecule has 17 heavy (non-hydrogen) atoms. The van der Waals surface area contributed by atoms with Gasteiger partial charge in [-0.25, -0.2) is 4.79 Å². The molecular weight excluding hydrogens is 246 g/mol. The summed E-state index contributed by atoms with van der Waals surface area (Å²) in [5.74, 6) is 0.237. The molecule has 1 fully saturated rings. The maximum absolute atomic E-state index is 10.9. The molecule has 1 N–H and O–H groups in total. The summed E-state index contributed by atoms with van der Waals surface area (Å²) in [5, 5.41) is 8.95. The molecular formula is C10H17NO5S. The molecule has 1 aliphatic heterocycles. The Kier molecular flexibility index (Phi) is 4.53. The van der Waals surface area contributed by atoms with E-state index in [1.54, 1.807) is 12.2 Å². The molecule has 0 aromatic heterocycles. The van der Waals surface area contributed by atoms with Crippen LogP contribution in [0.3, 0.4) is 0 Å². The van der Waals surface area contributed by atoms with Crippen LogP contribution in [0, 0.1) is 5.92 Å². The first-order valence-corrected chi connectivity index (χ1v) is 7.13. The first-order valence-electron chi connectivity index (χ1n) is 5.32. The average molecular weight is 263 g/mol. The Morgan fingerprint density at radius 2 is 2.24 bits per heavy atom. The Labute approximate surface area is 101 Å². The van der Waals surface area contributed by atoms with Crippen LogP contribution in [0.4, 0.5) is 4.79 Å². The summed E-state index contributed by atoms with van der Waals surface area (Å²) >= 11 is 0. The molecule has 2 unspecified atom stereocenters. The van der Waals surface area contributed by atoms with Crippen molar-refractivity contribution >= 4 is 16.2 Å². The Hall–Kier alpha value is -1.08. The van der Waals surface area contributed by atoms with Gasteiger partial charge in [-0.05, 0) is 12.3 Å². The molecule has 7 heteroatoms. The van der Waals surface area contributed by atoms with Gasteiger partial charge < -0.3 is 10.0 Å². The normalized spacial score (nSPS) is 25.6. The van der Waals surface area contributed by atoms with Crippen LogP contribution in [0.5, 0.6) is 0 Å². The van der Waals surface area contributed by atoms with Gasteiger partial charge in [-0.15, -0.1) is 0 Å². The van der Waals surface area contributed by atoms with Crippen molar-refractivity contribution in [2.75, 3.05) is 19.4 Å². The highest BCUT2D eigenvalue weighted by Crippen LogP contribution is 2.24. The van der Waals surface area contributed by atoms with Gasteiger partial charge in [0.25, 0.3) is 10.1 Å². The second kappa shape index (κ2) is 5.50. The number of carbonyl (C=O) groups is 1. The van der Waals surface area contributed by atoms with Gasteiger partial charge >= 0.3 is 6.09 Å². The topological polar surface area (TPSA) is 83.9 Å². The van der Waals surface area contributed by atoms with Crippen LogP contribution in [-0.4, -0.2) is 50.0 Å². The van der Waals surface area contributed by atoms with Crippen LogP contribution < -0.4 is 0 Å². The van der Waals surface area contributed by atoms with Crippen molar-refractivity contribution in [2.45, 2.75) is 19.4 Å². The highest BCUT2D eigenvalue weighted by Gasteiger charge is 2.32. The Morgan fingerprint density at radius 1 is 1.59 bits per heavy atom. The number of hydrogen-bond donors (Lipinski definition) is 1. The summed E-state index contributed by atoms with van der Waals surface area (Å²) in [6.07, 6.45) is 4.07. The fourth-order valence-electron chi connectivity index (χ4n) is 1.84. The first kappa shape index (κ1) is 14.0. The number of amides is 1. The molecule has 0 aliphatic carbocycles. The zero-order valence-electron chi connectivity index (χ0n) is 9.87. The molecule has 0 saturated carbocycles. The Morgan fingerprint density at radius 3 is 2.76 bits per heavy atom. The van der Waals surface area contributed by atoms with Gasteiger partial charge in [0.15, 0.2) is 0 Å². The van der Waals surface area contributed by atoms with Crippen molar-refractivity contribution < 1.29 is 22.5 Å². The molecule has 2 atom stereocenters. The van der Waals surface area contributed by atoms with Crippen molar-refractivity contribution in [3.05, 3.63) is 12.2 Å². The lowest BCUT2D eigenvalue weighted by atomic mass is 10.0. The summed E-state index contributed by atoms with van der Waals surface area (Å²) in [6.45, 7) is 2.42. The lowest BCUT2D eigenvalue weighted by Crippen LogP contribution is -2.35. The van der Waals surface area contributed by atoms with Crippen molar-refractivity contribution in [3.63, 3.8) is 0 Å². The van der Waals surface area contributed by atoms with Crippen LogP contribution in [0.1, 0.15) is 13.3 Å². The SMILES string of the molecule is CC1CCN(C(=O)O)C1C=CCOS(C)(=O)=O. The predicted molar refractivity (Wildman–Crippen MR) is 62.2 cm³/mol. The lowest BCUT2D eigenvalue weighted by Gasteiger charge is -2.20. The smallest absolute Gasteiger partial charge is 0.407 e. The summed E-state index contributed by atoms with van der Waals surface area (Å²) in [5.41, 5.74) is 0. The number of rotatable bonds is 4. The molecule has 1 amide bonds. The monoisotopic (exact) mass is 263 g/mol. The number of nitrogens with zero attached hydrogens (tertiary/aromatic N) is 1. The standard InChI is InChI=1S/C10H17NO5S/c1-8-5-6-11(10(12)13)9(8)4-3-7-16-17(2,14)15/h3-4,8-9H,5-7H2,1-2H3,(H,12,13). The lowest BCUT2D eigenvalue weighted by molar-refractivity contribution is 0.144. The number of carboxylic acid groups (broad SMARTS) is 1. The molecule has 1 heterocycles. The van der Waals surface area contributed by atoms with E-state index in [0.717, 1.165) is 12.7 Å². The molecule has 0 aromatic carbocycles. The Bertz CT molecular complexity index is 403. The van der Waals surface area contributed by atoms with Crippen LogP contribution >= 0.6 is 0 Å². The highest BCUT2D eigenvalue weighted by molar-refractivity contribution is 7.85. The molecule has 6 nitrogen and oxygen atoms in total. The van der Waals surface area contributed by atoms with E-state index >= 15 is 0 Å². The maximum atomic E-state index is 10.9. The summed E-state index contributed by atoms with van der Waals surface area (Å²) in [7, 11) is -3.44. The van der Waals surface area contributed by atoms with E-state index in [-0.39, 0.29) is 18.6 Å². The maximum Gasteiger partial charge on any atom is 0.407 e. The Balaban J connectivity index is 2.54. The van der Waals surface area contributed by atoms with Gasteiger partial charge in [0.1, 0.15) is 0 Å². The van der Waals surface area contributed by atoms with E-state index in [1.807, 2.05) is 6.92 Å². The summed E-state index contributed by atoms with van der Waals surface area (Å²) in [4.78, 5) is 12.3. The summed E-state index contributed by atoms with van der Waals surface area (Å²) in [6, 6.07) is -0.198. The predicted octanol–water partition coefficient (Wildman–Crippen LogP) is 0.907. The van der Waals surface area contributed by atoms with Crippen molar-refractivity contribution in [3.8, 4) is 0 Å². The van der Waals surface area contributed by atoms with Gasteiger partial charge in [0.2, 0.25) is 0 Å². The minimum atomic E-state index is -3.44. The third-order valence-corrected chi connectivity index (χ3v) is 3.29. The van der Waals surface area contributed by atoms with Crippen LogP contribution in [0.2, 0.25) is 0 Å². The largest absolute Gasteiger partial charge is 0.465 e. The van der Waals surface area contributed by atoms with Crippen molar-refractivity contribution in [2.24, 2.45) is 5.92 Å². The summed E-state index contributed by atoms with van der Waals surface area (Å²) < 4.78 is 25.9. The number of hydrogen-bond acceptors (Lipinski definition) is 4. The third kappa shape index (κ3) is 4.35. The van der Waals surface area contributed by atoms with Crippen LogP contribution in [0.15, 0.2) is 12.2 Å². The zero-order valence-corrected chi connectivity index (χ0v) is 10.7. The van der Waals surface area contributed by atoms with Gasteiger partial charge in [-0.1, -0.05) is 19.1 Å². The molecule has 98 valence electrons. The first-order chi connectivity index (χ1) is 7.81. The second-order valence-corrected chi connectivity index (χ2v) is 5.79. The fraction of sp³-hybridized carbons (Fsp3) is 0.700. The van der Waals surface area contributed by atoms with Crippen LogP contribution in [-0.2, 0) is 14.3 Å². The van der Waals surface area contributed by atoms with E-state index in [2.05, 4.69) is 4.18 Å². The van der Waals surface area contributed by atoms with Crippen LogP contribution in [0.25, 0.3) is 0 Å². The zero-order chi connectivity index (χ0) is 13.1. The molecule has 0 aromatic rings. The average Bonchev–Trinajstić information content (AvgIpc) is 2.53. The van der Waals surface area contributed by atoms with E-state index in [9.17, 15) is 13.2 Å². The van der Waals surface area contributed by atoms with E-state index in [0.29, 0.717) is 6.54 Å². The molecule has 1 aliphatic rings. The minimum Gasteiger partial charge on any atom is -0.465 e. The van der Waals surface area contributed by atoms with Crippen molar-refractivity contribution in [1.82, 2.24) is 4.90 Å². The van der Waals surface area contributed by atoms with E-state index in [1.165, 1.54) is 4.90 Å². The molecule has 0 bridgehead atoms. The second-order valence-electron chi connectivity index (χ2n) is 4.15. The molecule has 1 saturated heterocycles. The van der Waals surface area contributed by atoms with Gasteiger partial charge in [0, 0.05) is 6.54 Å². The van der Waals surface area contributed by atoms with Gasteiger partial charge in [-0.2, -0.15) is 8.42 Å². The third-order valence-electron chi connectivity index (χ3n) is 2.73. The van der Waals surface area contributed by atoms with E-state index in [4.69, 9.17) is 5.11 Å². The van der Waals surface area contributed by atoms with Gasteiger partial charge in [0.05, 0.1) is 18.9 Å². The van der Waals surface area contributed by atoms with Crippen molar-refractivity contribution in [1.29, 1.82) is 0 Å². The molecule has 1 rings (SSSR count). The van der Waals surface area contributed by atoms with Gasteiger partial charge in [-0.3, -0.25) is 4.18 Å². The molecule has 0 spiro atoms.